The van der Waals surface area contributed by atoms with E-state index in [0.29, 0.717) is 24.1 Å². The number of halogens is 1. The molecule has 0 radical (unpaired) electrons. The highest BCUT2D eigenvalue weighted by Crippen LogP contribution is 2.42. The summed E-state index contributed by atoms with van der Waals surface area (Å²) in [6.45, 7) is 2.47. The van der Waals surface area contributed by atoms with Crippen LogP contribution in [0.25, 0.3) is 0 Å². The molecule has 2 aliphatic rings. The highest BCUT2D eigenvalue weighted by atomic mass is 19.1. The molecule has 6 heteroatoms. The number of esters is 1. The topological polar surface area (TPSA) is 58.6 Å². The van der Waals surface area contributed by atoms with Crippen LogP contribution in [0.1, 0.15) is 35.2 Å². The number of nitrogens with zero attached hydrogens (tertiary/aromatic N) is 1. The Morgan fingerprint density at radius 1 is 1.18 bits per heavy atom. The normalized spacial score (nSPS) is 20.4. The summed E-state index contributed by atoms with van der Waals surface area (Å²) < 4.78 is 18.5. The number of ether oxygens (including phenoxy) is 1. The van der Waals surface area contributed by atoms with Crippen molar-refractivity contribution in [1.29, 1.82) is 0 Å². The standard InChI is InChI=1S/C22H21FN2O3/c1-2-28-22(27)18-13-25(21(26)14-7-9-15(23)10-8-14)12-11-17-16-5-3-4-6-19(16)24-20(17)18/h3-10,13,17,20,24H,2,11-12H2,1H3. The van der Waals surface area contributed by atoms with Gasteiger partial charge in [0, 0.05) is 29.9 Å². The molecule has 1 N–H and O–H groups in total. The fourth-order valence-corrected chi connectivity index (χ4v) is 3.92. The Kier molecular flexibility index (Phi) is 4.86. The summed E-state index contributed by atoms with van der Waals surface area (Å²) in [7, 11) is 0. The van der Waals surface area contributed by atoms with E-state index in [2.05, 4.69) is 5.32 Å². The van der Waals surface area contributed by atoms with Crippen molar-refractivity contribution in [2.45, 2.75) is 25.3 Å². The monoisotopic (exact) mass is 380 g/mol. The van der Waals surface area contributed by atoms with Gasteiger partial charge in [0.25, 0.3) is 5.91 Å². The van der Waals surface area contributed by atoms with Crippen LogP contribution in [0.15, 0.2) is 60.3 Å². The maximum Gasteiger partial charge on any atom is 0.337 e. The largest absolute Gasteiger partial charge is 0.463 e. The Morgan fingerprint density at radius 2 is 1.93 bits per heavy atom. The van der Waals surface area contributed by atoms with Gasteiger partial charge >= 0.3 is 5.97 Å². The number of hydrogen-bond donors (Lipinski definition) is 1. The van der Waals surface area contributed by atoms with Gasteiger partial charge in [-0.1, -0.05) is 18.2 Å². The van der Waals surface area contributed by atoms with Gasteiger partial charge in [0.1, 0.15) is 5.82 Å². The lowest BCUT2D eigenvalue weighted by Crippen LogP contribution is -2.29. The van der Waals surface area contributed by atoms with Crippen molar-refractivity contribution in [2.24, 2.45) is 0 Å². The second-order valence-electron chi connectivity index (χ2n) is 6.91. The van der Waals surface area contributed by atoms with Crippen LogP contribution in [0, 0.1) is 5.82 Å². The van der Waals surface area contributed by atoms with E-state index in [-0.39, 0.29) is 24.5 Å². The number of carbonyl (C=O) groups is 2. The van der Waals surface area contributed by atoms with Crippen LogP contribution in [0.3, 0.4) is 0 Å². The second-order valence-corrected chi connectivity index (χ2v) is 6.91. The van der Waals surface area contributed by atoms with Crippen LogP contribution in [0.4, 0.5) is 10.1 Å². The number of carbonyl (C=O) groups excluding carboxylic acids is 2. The van der Waals surface area contributed by atoms with Gasteiger partial charge in [-0.3, -0.25) is 4.79 Å². The lowest BCUT2D eigenvalue weighted by molar-refractivity contribution is -0.138. The van der Waals surface area contributed by atoms with Crippen molar-refractivity contribution in [3.05, 3.63) is 77.2 Å². The zero-order valence-electron chi connectivity index (χ0n) is 15.5. The highest BCUT2D eigenvalue weighted by molar-refractivity contribution is 5.97. The molecule has 0 aromatic heterocycles. The predicted molar refractivity (Wildman–Crippen MR) is 103 cm³/mol. The molecule has 144 valence electrons. The molecule has 1 amide bonds. The average Bonchev–Trinajstić information content (AvgIpc) is 2.96. The van der Waals surface area contributed by atoms with E-state index in [4.69, 9.17) is 4.74 Å². The van der Waals surface area contributed by atoms with Crippen molar-refractivity contribution < 1.29 is 18.7 Å². The highest BCUT2D eigenvalue weighted by Gasteiger charge is 2.40. The molecule has 0 fully saturated rings. The molecule has 2 unspecified atom stereocenters. The minimum Gasteiger partial charge on any atom is -0.463 e. The number of benzene rings is 2. The number of rotatable bonds is 3. The first-order chi connectivity index (χ1) is 13.6. The van der Waals surface area contributed by atoms with Crippen LogP contribution in [-0.2, 0) is 9.53 Å². The van der Waals surface area contributed by atoms with Gasteiger partial charge in [0.05, 0.1) is 18.2 Å². The number of para-hydroxylation sites is 1. The summed E-state index contributed by atoms with van der Waals surface area (Å²) in [5.74, 6) is -1.03. The Labute approximate surface area is 162 Å². The zero-order chi connectivity index (χ0) is 19.7. The van der Waals surface area contributed by atoms with Crippen LogP contribution < -0.4 is 5.32 Å². The van der Waals surface area contributed by atoms with Gasteiger partial charge in [-0.2, -0.15) is 0 Å². The second kappa shape index (κ2) is 7.46. The van der Waals surface area contributed by atoms with E-state index in [9.17, 15) is 14.0 Å². The third-order valence-electron chi connectivity index (χ3n) is 5.25. The van der Waals surface area contributed by atoms with Crippen LogP contribution in [0.5, 0.6) is 0 Å². The SMILES string of the molecule is CCOC(=O)C1=CN(C(=O)c2ccc(F)cc2)CCC2c3ccccc3NC12. The summed E-state index contributed by atoms with van der Waals surface area (Å²) in [6, 6.07) is 13.1. The Hall–Kier alpha value is -3.15. The van der Waals surface area contributed by atoms with Gasteiger partial charge in [0.2, 0.25) is 0 Å². The van der Waals surface area contributed by atoms with E-state index < -0.39 is 11.8 Å². The van der Waals surface area contributed by atoms with Crippen molar-refractivity contribution in [3.63, 3.8) is 0 Å². The molecule has 2 heterocycles. The van der Waals surface area contributed by atoms with Crippen molar-refractivity contribution in [1.82, 2.24) is 4.90 Å². The van der Waals surface area contributed by atoms with Crippen LogP contribution in [0.2, 0.25) is 0 Å². The first-order valence-corrected chi connectivity index (χ1v) is 9.39. The van der Waals surface area contributed by atoms with Crippen LogP contribution in [-0.4, -0.2) is 36.0 Å². The minimum absolute atomic E-state index is 0.0675. The van der Waals surface area contributed by atoms with E-state index in [0.717, 1.165) is 11.3 Å². The summed E-state index contributed by atoms with van der Waals surface area (Å²) in [5.41, 5.74) is 2.95. The molecular weight excluding hydrogens is 359 g/mol. The van der Waals surface area contributed by atoms with Gasteiger partial charge in [-0.25, -0.2) is 9.18 Å². The predicted octanol–water partition coefficient (Wildman–Crippen LogP) is 3.70. The third kappa shape index (κ3) is 3.26. The maximum atomic E-state index is 13.2. The number of amides is 1. The molecule has 0 aliphatic carbocycles. The van der Waals surface area contributed by atoms with Crippen molar-refractivity contribution in [2.75, 3.05) is 18.5 Å². The molecule has 0 spiro atoms. The molecule has 2 aromatic rings. The molecule has 5 nitrogen and oxygen atoms in total. The first kappa shape index (κ1) is 18.2. The summed E-state index contributed by atoms with van der Waals surface area (Å²) in [5, 5.41) is 3.42. The number of hydrogen-bond acceptors (Lipinski definition) is 4. The van der Waals surface area contributed by atoms with Crippen molar-refractivity contribution >= 4 is 17.6 Å². The molecule has 2 aromatic carbocycles. The lowest BCUT2D eigenvalue weighted by Gasteiger charge is -2.19. The van der Waals surface area contributed by atoms with E-state index >= 15 is 0 Å². The summed E-state index contributed by atoms with van der Waals surface area (Å²) >= 11 is 0. The molecule has 2 aliphatic heterocycles. The van der Waals surface area contributed by atoms with Gasteiger partial charge in [-0.05, 0) is 49.2 Å². The van der Waals surface area contributed by atoms with Crippen molar-refractivity contribution in [3.8, 4) is 0 Å². The first-order valence-electron chi connectivity index (χ1n) is 9.39. The molecular formula is C22H21FN2O3. The third-order valence-corrected chi connectivity index (χ3v) is 5.25. The molecule has 2 atom stereocenters. The molecule has 0 saturated heterocycles. The van der Waals surface area contributed by atoms with Gasteiger partial charge < -0.3 is 15.0 Å². The summed E-state index contributed by atoms with van der Waals surface area (Å²) in [6.07, 6.45) is 2.29. The lowest BCUT2D eigenvalue weighted by atomic mass is 9.89. The number of fused-ring (bicyclic) bond motifs is 3. The van der Waals surface area contributed by atoms with E-state index in [1.165, 1.54) is 29.2 Å². The fraction of sp³-hybridized carbons (Fsp3) is 0.273. The minimum atomic E-state index is -0.434. The summed E-state index contributed by atoms with van der Waals surface area (Å²) in [4.78, 5) is 27.1. The van der Waals surface area contributed by atoms with Gasteiger partial charge in [0.15, 0.2) is 0 Å². The number of nitrogens with one attached hydrogen (secondary N) is 1. The average molecular weight is 380 g/mol. The molecule has 0 bridgehead atoms. The van der Waals surface area contributed by atoms with E-state index in [1.54, 1.807) is 13.1 Å². The maximum absolute atomic E-state index is 13.2. The van der Waals surface area contributed by atoms with E-state index in [1.807, 2.05) is 24.3 Å². The Balaban J connectivity index is 1.69. The fourth-order valence-electron chi connectivity index (χ4n) is 3.92. The molecule has 4 rings (SSSR count). The Morgan fingerprint density at radius 3 is 2.68 bits per heavy atom. The molecule has 0 saturated carbocycles. The number of anilines is 1. The van der Waals surface area contributed by atoms with Gasteiger partial charge in [-0.15, -0.1) is 0 Å². The Bertz CT molecular complexity index is 939. The smallest absolute Gasteiger partial charge is 0.337 e. The molecule has 28 heavy (non-hydrogen) atoms. The van der Waals surface area contributed by atoms with Crippen LogP contribution >= 0.6 is 0 Å². The quantitative estimate of drug-likeness (QED) is 0.825. The zero-order valence-corrected chi connectivity index (χ0v) is 15.5.